The van der Waals surface area contributed by atoms with Crippen LogP contribution in [0.25, 0.3) is 10.8 Å². The molecular weight excluding hydrogens is 344 g/mol. The minimum absolute atomic E-state index is 0.345. The molecule has 1 amide bonds. The van der Waals surface area contributed by atoms with Crippen molar-refractivity contribution < 1.29 is 4.79 Å². The summed E-state index contributed by atoms with van der Waals surface area (Å²) in [5, 5.41) is 2.46. The van der Waals surface area contributed by atoms with Crippen LogP contribution in [0.5, 0.6) is 0 Å². The number of fused-ring (bicyclic) bond motifs is 2. The van der Waals surface area contributed by atoms with Gasteiger partial charge in [0.05, 0.1) is 12.5 Å². The average Bonchev–Trinajstić information content (AvgIpc) is 3.28. The van der Waals surface area contributed by atoms with E-state index in [-0.39, 0.29) is 0 Å². The zero-order valence-corrected chi connectivity index (χ0v) is 16.9. The zero-order valence-electron chi connectivity index (χ0n) is 16.9. The van der Waals surface area contributed by atoms with Gasteiger partial charge in [0.2, 0.25) is 5.91 Å². The zero-order chi connectivity index (χ0) is 18.9. The number of benzene rings is 2. The SMILES string of the molecule is O=C(Cc1cccc2ccccc12)N1CCCC2CCCC(N3CCCC3)C21. The monoisotopic (exact) mass is 376 g/mol. The second kappa shape index (κ2) is 7.87. The topological polar surface area (TPSA) is 23.6 Å². The Bertz CT molecular complexity index is 834. The van der Waals surface area contributed by atoms with Crippen LogP contribution < -0.4 is 0 Å². The molecule has 0 bridgehead atoms. The molecule has 28 heavy (non-hydrogen) atoms. The van der Waals surface area contributed by atoms with Crippen molar-refractivity contribution in [3.8, 4) is 0 Å². The highest BCUT2D eigenvalue weighted by Gasteiger charge is 2.44. The highest BCUT2D eigenvalue weighted by Crippen LogP contribution is 2.39. The number of hydrogen-bond acceptors (Lipinski definition) is 2. The lowest BCUT2D eigenvalue weighted by atomic mass is 9.74. The van der Waals surface area contributed by atoms with Gasteiger partial charge >= 0.3 is 0 Å². The standard InChI is InChI=1S/C25H32N2O/c28-24(18-21-11-5-9-19-8-1-2-13-22(19)21)27-17-7-12-20-10-6-14-23(25(20)27)26-15-3-4-16-26/h1-2,5,8-9,11,13,20,23,25H,3-4,6-7,10,12,14-18H2. The number of nitrogens with zero attached hydrogens (tertiary/aromatic N) is 2. The second-order valence-electron chi connectivity index (χ2n) is 9.04. The second-order valence-corrected chi connectivity index (χ2v) is 9.04. The van der Waals surface area contributed by atoms with Crippen LogP contribution in [-0.2, 0) is 11.2 Å². The quantitative estimate of drug-likeness (QED) is 0.779. The largest absolute Gasteiger partial charge is 0.338 e. The summed E-state index contributed by atoms with van der Waals surface area (Å²) in [5.74, 6) is 1.06. The van der Waals surface area contributed by atoms with Crippen LogP contribution in [0.2, 0.25) is 0 Å². The maximum absolute atomic E-state index is 13.5. The van der Waals surface area contributed by atoms with Crippen LogP contribution >= 0.6 is 0 Å². The normalized spacial score (nSPS) is 28.4. The molecule has 3 atom stereocenters. The van der Waals surface area contributed by atoms with E-state index >= 15 is 0 Å². The smallest absolute Gasteiger partial charge is 0.227 e. The molecule has 3 aliphatic rings. The van der Waals surface area contributed by atoms with Crippen LogP contribution in [0.4, 0.5) is 0 Å². The van der Waals surface area contributed by atoms with Crippen LogP contribution in [-0.4, -0.2) is 47.4 Å². The Morgan fingerprint density at radius 3 is 2.54 bits per heavy atom. The molecule has 0 N–H and O–H groups in total. The minimum atomic E-state index is 0.345. The van der Waals surface area contributed by atoms with Crippen LogP contribution in [0.15, 0.2) is 42.5 Å². The number of rotatable bonds is 3. The van der Waals surface area contributed by atoms with Crippen LogP contribution in [0, 0.1) is 5.92 Å². The van der Waals surface area contributed by atoms with Gasteiger partial charge in [-0.3, -0.25) is 9.69 Å². The Balaban J connectivity index is 1.40. The minimum Gasteiger partial charge on any atom is -0.338 e. The first-order chi connectivity index (χ1) is 13.8. The summed E-state index contributed by atoms with van der Waals surface area (Å²) in [6, 6.07) is 15.9. The third-order valence-electron chi connectivity index (χ3n) is 7.44. The third-order valence-corrected chi connectivity index (χ3v) is 7.44. The maximum atomic E-state index is 13.5. The van der Waals surface area contributed by atoms with Gasteiger partial charge in [0, 0.05) is 12.6 Å². The van der Waals surface area contributed by atoms with Gasteiger partial charge in [-0.05, 0) is 73.9 Å². The lowest BCUT2D eigenvalue weighted by Crippen LogP contribution is -2.60. The molecule has 2 aromatic carbocycles. The number of carbonyl (C=O) groups is 1. The van der Waals surface area contributed by atoms with E-state index in [1.165, 1.54) is 74.4 Å². The summed E-state index contributed by atoms with van der Waals surface area (Å²) < 4.78 is 0. The molecule has 2 aliphatic heterocycles. The molecule has 3 fully saturated rings. The number of hydrogen-bond donors (Lipinski definition) is 0. The first kappa shape index (κ1) is 18.2. The van der Waals surface area contributed by atoms with Crippen LogP contribution in [0.1, 0.15) is 50.5 Å². The highest BCUT2D eigenvalue weighted by atomic mass is 16.2. The molecule has 2 heterocycles. The predicted molar refractivity (Wildman–Crippen MR) is 114 cm³/mol. The van der Waals surface area contributed by atoms with Crippen molar-refractivity contribution in [2.75, 3.05) is 19.6 Å². The molecule has 3 heteroatoms. The third kappa shape index (κ3) is 3.34. The van der Waals surface area contributed by atoms with Gasteiger partial charge < -0.3 is 4.90 Å². The summed E-state index contributed by atoms with van der Waals surface area (Å²) in [4.78, 5) is 18.5. The lowest BCUT2D eigenvalue weighted by molar-refractivity contribution is -0.139. The van der Waals surface area contributed by atoms with E-state index in [1.54, 1.807) is 0 Å². The molecule has 0 spiro atoms. The van der Waals surface area contributed by atoms with E-state index in [9.17, 15) is 4.79 Å². The molecule has 0 radical (unpaired) electrons. The Morgan fingerprint density at radius 2 is 1.64 bits per heavy atom. The Labute approximate surface area is 168 Å². The van der Waals surface area contributed by atoms with Crippen molar-refractivity contribution >= 4 is 16.7 Å². The van der Waals surface area contributed by atoms with E-state index in [1.807, 2.05) is 0 Å². The molecule has 1 aliphatic carbocycles. The first-order valence-corrected chi connectivity index (χ1v) is 11.3. The van der Waals surface area contributed by atoms with Gasteiger partial charge in [-0.1, -0.05) is 48.9 Å². The summed E-state index contributed by atoms with van der Waals surface area (Å²) >= 11 is 0. The molecule has 2 saturated heterocycles. The average molecular weight is 377 g/mol. The predicted octanol–water partition coefficient (Wildman–Crippen LogP) is 4.64. The fraction of sp³-hybridized carbons (Fsp3) is 0.560. The summed E-state index contributed by atoms with van der Waals surface area (Å²) in [7, 11) is 0. The van der Waals surface area contributed by atoms with Crippen molar-refractivity contribution in [1.82, 2.24) is 9.80 Å². The van der Waals surface area contributed by atoms with Gasteiger partial charge in [0.1, 0.15) is 0 Å². The van der Waals surface area contributed by atoms with Gasteiger partial charge in [-0.15, -0.1) is 0 Å². The van der Waals surface area contributed by atoms with Crippen molar-refractivity contribution in [2.24, 2.45) is 5.92 Å². The lowest BCUT2D eigenvalue weighted by Gasteiger charge is -2.51. The summed E-state index contributed by atoms with van der Waals surface area (Å²) in [6.45, 7) is 3.42. The van der Waals surface area contributed by atoms with E-state index in [0.29, 0.717) is 30.3 Å². The van der Waals surface area contributed by atoms with Crippen molar-refractivity contribution in [3.05, 3.63) is 48.0 Å². The van der Waals surface area contributed by atoms with E-state index in [4.69, 9.17) is 0 Å². The number of carbonyl (C=O) groups excluding carboxylic acids is 1. The molecule has 2 aromatic rings. The van der Waals surface area contributed by atoms with Crippen molar-refractivity contribution in [2.45, 2.75) is 63.5 Å². The van der Waals surface area contributed by atoms with Crippen molar-refractivity contribution in [3.63, 3.8) is 0 Å². The number of likely N-dealkylation sites (tertiary alicyclic amines) is 2. The molecular formula is C25H32N2O. The van der Waals surface area contributed by atoms with Gasteiger partial charge in [0.15, 0.2) is 0 Å². The molecule has 3 unspecified atom stereocenters. The fourth-order valence-electron chi connectivity index (χ4n) is 6.17. The van der Waals surface area contributed by atoms with Gasteiger partial charge in [-0.25, -0.2) is 0 Å². The molecule has 1 saturated carbocycles. The van der Waals surface area contributed by atoms with Gasteiger partial charge in [-0.2, -0.15) is 0 Å². The fourth-order valence-corrected chi connectivity index (χ4v) is 6.17. The van der Waals surface area contributed by atoms with Crippen LogP contribution in [0.3, 0.4) is 0 Å². The molecule has 5 rings (SSSR count). The first-order valence-electron chi connectivity index (χ1n) is 11.3. The molecule has 3 nitrogen and oxygen atoms in total. The summed E-state index contributed by atoms with van der Waals surface area (Å²) in [5.41, 5.74) is 1.18. The van der Waals surface area contributed by atoms with E-state index in [0.717, 1.165) is 6.54 Å². The highest BCUT2D eigenvalue weighted by molar-refractivity contribution is 5.90. The Hall–Kier alpha value is -1.87. The Kier molecular flexibility index (Phi) is 5.11. The maximum Gasteiger partial charge on any atom is 0.227 e. The molecule has 0 aromatic heterocycles. The number of amides is 1. The Morgan fingerprint density at radius 1 is 0.857 bits per heavy atom. The summed E-state index contributed by atoms with van der Waals surface area (Å²) in [6.07, 6.45) is 9.62. The van der Waals surface area contributed by atoms with E-state index in [2.05, 4.69) is 52.3 Å². The van der Waals surface area contributed by atoms with E-state index < -0.39 is 0 Å². The number of piperidine rings is 1. The van der Waals surface area contributed by atoms with Crippen molar-refractivity contribution in [1.29, 1.82) is 0 Å². The molecule has 148 valence electrons. The van der Waals surface area contributed by atoms with Gasteiger partial charge in [0.25, 0.3) is 0 Å².